The summed E-state index contributed by atoms with van der Waals surface area (Å²) in [5.74, 6) is -0.0649. The maximum atomic E-state index is 11.3. The van der Waals surface area contributed by atoms with E-state index in [2.05, 4.69) is 10.2 Å². The largest absolute Gasteiger partial charge is 0.287 e. The van der Waals surface area contributed by atoms with Crippen molar-refractivity contribution in [3.63, 3.8) is 0 Å². The molecule has 0 radical (unpaired) electrons. The van der Waals surface area contributed by atoms with Crippen LogP contribution in [-0.2, 0) is 4.79 Å². The number of hydrogen-bond acceptors (Lipinski definition) is 3. The number of carbonyl (C=O) groups is 1. The summed E-state index contributed by atoms with van der Waals surface area (Å²) >= 11 is 0. The van der Waals surface area contributed by atoms with E-state index in [4.69, 9.17) is 0 Å². The van der Waals surface area contributed by atoms with Gasteiger partial charge in [0.05, 0.1) is 0 Å². The van der Waals surface area contributed by atoms with Crippen molar-refractivity contribution in [2.24, 2.45) is 10.2 Å². The summed E-state index contributed by atoms with van der Waals surface area (Å²) in [5, 5.41) is 7.60. The van der Waals surface area contributed by atoms with Crippen LogP contribution in [0.15, 0.2) is 46.2 Å². The van der Waals surface area contributed by atoms with Crippen molar-refractivity contribution >= 4 is 17.7 Å². The minimum Gasteiger partial charge on any atom is -0.287 e. The van der Waals surface area contributed by atoms with Crippen molar-refractivity contribution in [2.45, 2.75) is 6.42 Å². The molecule has 0 aromatic rings. The van der Waals surface area contributed by atoms with Crippen LogP contribution in [0, 0.1) is 0 Å². The van der Waals surface area contributed by atoms with Crippen LogP contribution in [0.1, 0.15) is 6.42 Å². The lowest BCUT2D eigenvalue weighted by atomic mass is 9.97. The molecule has 1 heterocycles. The molecule has 1 aliphatic carbocycles. The van der Waals surface area contributed by atoms with Crippen LogP contribution in [-0.4, -0.2) is 17.7 Å². The van der Waals surface area contributed by atoms with Crippen LogP contribution in [0.3, 0.4) is 0 Å². The molecule has 0 unspecified atom stereocenters. The molecule has 3 heteroatoms. The number of fused-ring (bicyclic) bond motifs is 1. The molecule has 64 valence electrons. The number of carbonyl (C=O) groups excluding carboxylic acids is 1. The van der Waals surface area contributed by atoms with Crippen molar-refractivity contribution in [1.82, 2.24) is 0 Å². The molecule has 0 amide bonds. The second-order valence-corrected chi connectivity index (χ2v) is 2.76. The van der Waals surface area contributed by atoms with Crippen LogP contribution in [0.4, 0.5) is 0 Å². The van der Waals surface area contributed by atoms with E-state index in [1.807, 2.05) is 18.2 Å². The Hall–Kier alpha value is -1.77. The number of hydrogen-bond donors (Lipinski definition) is 0. The summed E-state index contributed by atoms with van der Waals surface area (Å²) in [6.45, 7) is 0. The fourth-order valence-electron chi connectivity index (χ4n) is 1.24. The van der Waals surface area contributed by atoms with Gasteiger partial charge in [0.25, 0.3) is 0 Å². The molecule has 2 rings (SSSR count). The normalized spacial score (nSPS) is 33.1. The van der Waals surface area contributed by atoms with Crippen LogP contribution < -0.4 is 0 Å². The number of allylic oxidation sites excluding steroid dienone is 6. The van der Waals surface area contributed by atoms with Crippen molar-refractivity contribution in [3.05, 3.63) is 36.0 Å². The lowest BCUT2D eigenvalue weighted by Crippen LogP contribution is -2.17. The molecule has 0 bridgehead atoms. The van der Waals surface area contributed by atoms with Crippen LogP contribution in [0.5, 0.6) is 0 Å². The zero-order valence-electron chi connectivity index (χ0n) is 6.97. The Morgan fingerprint density at radius 1 is 1.31 bits per heavy atom. The Bertz CT molecular complexity index is 384. The van der Waals surface area contributed by atoms with Gasteiger partial charge in [-0.15, -0.1) is 5.10 Å². The summed E-state index contributed by atoms with van der Waals surface area (Å²) in [6.07, 6.45) is 11.2. The Kier molecular flexibility index (Phi) is 2.00. The fraction of sp³-hybridized carbons (Fsp3) is 0.100. The van der Waals surface area contributed by atoms with Gasteiger partial charge in [-0.3, -0.25) is 4.79 Å². The van der Waals surface area contributed by atoms with E-state index in [1.165, 1.54) is 6.08 Å². The van der Waals surface area contributed by atoms with Crippen LogP contribution in [0.2, 0.25) is 0 Å². The van der Waals surface area contributed by atoms with Gasteiger partial charge in [0, 0.05) is 6.21 Å². The maximum absolute atomic E-state index is 11.3. The molecule has 3 nitrogen and oxygen atoms in total. The molecule has 0 atom stereocenters. The highest BCUT2D eigenvalue weighted by Gasteiger charge is 2.17. The summed E-state index contributed by atoms with van der Waals surface area (Å²) in [7, 11) is 0. The SMILES string of the molecule is O=C1C=CC/C2=C/C=C\C=N/N=C/12. The van der Waals surface area contributed by atoms with Gasteiger partial charge >= 0.3 is 0 Å². The Morgan fingerprint density at radius 3 is 3.15 bits per heavy atom. The summed E-state index contributed by atoms with van der Waals surface area (Å²) < 4.78 is 0. The van der Waals surface area contributed by atoms with E-state index in [0.717, 1.165) is 12.0 Å². The monoisotopic (exact) mass is 172 g/mol. The van der Waals surface area contributed by atoms with Gasteiger partial charge in [0.15, 0.2) is 0 Å². The third-order valence-corrected chi connectivity index (χ3v) is 1.86. The van der Waals surface area contributed by atoms with Gasteiger partial charge in [-0.2, -0.15) is 5.10 Å². The zero-order chi connectivity index (χ0) is 9.10. The van der Waals surface area contributed by atoms with Gasteiger partial charge in [-0.25, -0.2) is 0 Å². The lowest BCUT2D eigenvalue weighted by Gasteiger charge is -2.09. The molecule has 0 spiro atoms. The van der Waals surface area contributed by atoms with Gasteiger partial charge in [0.1, 0.15) is 5.71 Å². The predicted molar refractivity (Wildman–Crippen MR) is 51.9 cm³/mol. The molecule has 0 saturated carbocycles. The molecule has 1 aliphatic heterocycles. The molecule has 0 aromatic heterocycles. The highest BCUT2D eigenvalue weighted by molar-refractivity contribution is 6.50. The average Bonchev–Trinajstić information content (AvgIpc) is 2.07. The summed E-state index contributed by atoms with van der Waals surface area (Å²) in [5.41, 5.74) is 1.39. The van der Waals surface area contributed by atoms with Crippen molar-refractivity contribution in [3.8, 4) is 0 Å². The first-order valence-corrected chi connectivity index (χ1v) is 4.06. The van der Waals surface area contributed by atoms with E-state index < -0.39 is 0 Å². The average molecular weight is 172 g/mol. The molecule has 0 aromatic carbocycles. The third-order valence-electron chi connectivity index (χ3n) is 1.86. The molecule has 0 fully saturated rings. The zero-order valence-corrected chi connectivity index (χ0v) is 6.97. The first-order valence-electron chi connectivity index (χ1n) is 4.06. The van der Waals surface area contributed by atoms with Gasteiger partial charge in [0.2, 0.25) is 5.78 Å². The van der Waals surface area contributed by atoms with Crippen molar-refractivity contribution in [2.75, 3.05) is 0 Å². The van der Waals surface area contributed by atoms with Crippen molar-refractivity contribution in [1.29, 1.82) is 0 Å². The maximum Gasteiger partial charge on any atom is 0.206 e. The van der Waals surface area contributed by atoms with Crippen LogP contribution in [0.25, 0.3) is 0 Å². The standard InChI is InChI=1S/C10H8N2O/c13-9-6-3-5-8-4-1-2-7-11-12-10(8)9/h1-4,6-7H,5H2/b2-1-,4-1?,7-2?,8-4-,11-7-,12-10+,12-11?. The highest BCUT2D eigenvalue weighted by atomic mass is 16.1. The van der Waals surface area contributed by atoms with E-state index in [9.17, 15) is 4.79 Å². The number of nitrogens with zero attached hydrogens (tertiary/aromatic N) is 2. The lowest BCUT2D eigenvalue weighted by molar-refractivity contribution is -0.108. The molecule has 13 heavy (non-hydrogen) atoms. The van der Waals surface area contributed by atoms with Gasteiger partial charge < -0.3 is 0 Å². The first-order chi connectivity index (χ1) is 6.38. The van der Waals surface area contributed by atoms with E-state index in [1.54, 1.807) is 12.3 Å². The topological polar surface area (TPSA) is 41.8 Å². The summed E-state index contributed by atoms with van der Waals surface area (Å²) in [4.78, 5) is 11.3. The predicted octanol–water partition coefficient (Wildman–Crippen LogP) is 1.44. The summed E-state index contributed by atoms with van der Waals surface area (Å²) in [6, 6.07) is 0. The molecule has 2 aliphatic rings. The quantitative estimate of drug-likeness (QED) is 0.545. The van der Waals surface area contributed by atoms with Gasteiger partial charge in [-0.1, -0.05) is 18.2 Å². The van der Waals surface area contributed by atoms with Gasteiger partial charge in [-0.05, 0) is 24.1 Å². The number of ketones is 1. The molecule has 0 saturated heterocycles. The highest BCUT2D eigenvalue weighted by Crippen LogP contribution is 2.13. The third kappa shape index (κ3) is 1.54. The number of rotatable bonds is 0. The van der Waals surface area contributed by atoms with E-state index >= 15 is 0 Å². The van der Waals surface area contributed by atoms with E-state index in [-0.39, 0.29) is 5.78 Å². The second-order valence-electron chi connectivity index (χ2n) is 2.76. The first kappa shape index (κ1) is 7.86. The Balaban J connectivity index is 2.47. The molecular weight excluding hydrogens is 164 g/mol. The second kappa shape index (κ2) is 3.31. The fourth-order valence-corrected chi connectivity index (χ4v) is 1.24. The minimum atomic E-state index is -0.0649. The minimum absolute atomic E-state index is 0.0649. The molecular formula is C10H8N2O. The van der Waals surface area contributed by atoms with Crippen LogP contribution >= 0.6 is 0 Å². The Labute approximate surface area is 75.9 Å². The molecule has 0 N–H and O–H groups in total. The van der Waals surface area contributed by atoms with E-state index in [0.29, 0.717) is 5.71 Å². The smallest absolute Gasteiger partial charge is 0.206 e. The van der Waals surface area contributed by atoms with Crippen molar-refractivity contribution < 1.29 is 4.79 Å². The Morgan fingerprint density at radius 2 is 2.23 bits per heavy atom.